The first-order valence-electron chi connectivity index (χ1n) is 8.43. The SMILES string of the molecule is CC(=O)c1ccccc1NC(=O)CC1c2ccccc2C=CN1C(C)=O. The first-order chi connectivity index (χ1) is 12.5. The minimum absolute atomic E-state index is 0.104. The van der Waals surface area contributed by atoms with Gasteiger partial charge in [-0.25, -0.2) is 0 Å². The number of anilines is 1. The molecule has 5 nitrogen and oxygen atoms in total. The van der Waals surface area contributed by atoms with Crippen LogP contribution in [0, 0.1) is 0 Å². The van der Waals surface area contributed by atoms with Crippen LogP contribution < -0.4 is 5.32 Å². The lowest BCUT2D eigenvalue weighted by molar-refractivity contribution is -0.129. The van der Waals surface area contributed by atoms with Gasteiger partial charge in [0.25, 0.3) is 0 Å². The first kappa shape index (κ1) is 17.6. The van der Waals surface area contributed by atoms with E-state index in [9.17, 15) is 14.4 Å². The molecule has 26 heavy (non-hydrogen) atoms. The largest absolute Gasteiger partial charge is 0.325 e. The summed E-state index contributed by atoms with van der Waals surface area (Å²) in [4.78, 5) is 37.9. The van der Waals surface area contributed by atoms with Gasteiger partial charge in [-0.15, -0.1) is 0 Å². The lowest BCUT2D eigenvalue weighted by Crippen LogP contribution is -2.33. The van der Waals surface area contributed by atoms with Crippen molar-refractivity contribution in [1.82, 2.24) is 4.90 Å². The van der Waals surface area contributed by atoms with Gasteiger partial charge in [-0.2, -0.15) is 0 Å². The molecule has 0 spiro atoms. The molecule has 0 bridgehead atoms. The Morgan fingerprint density at radius 2 is 1.69 bits per heavy atom. The number of ketones is 1. The fourth-order valence-corrected chi connectivity index (χ4v) is 3.19. The average Bonchev–Trinajstić information content (AvgIpc) is 2.62. The van der Waals surface area contributed by atoms with Crippen LogP contribution in [-0.4, -0.2) is 22.5 Å². The number of fused-ring (bicyclic) bond motifs is 1. The first-order valence-corrected chi connectivity index (χ1v) is 8.43. The molecule has 0 aromatic heterocycles. The van der Waals surface area contributed by atoms with Crippen molar-refractivity contribution in [2.75, 3.05) is 5.32 Å². The van der Waals surface area contributed by atoms with E-state index in [1.54, 1.807) is 35.4 Å². The van der Waals surface area contributed by atoms with E-state index in [1.165, 1.54) is 13.8 Å². The molecule has 0 saturated carbocycles. The molecular formula is C21H20N2O3. The molecule has 1 atom stereocenters. The molecule has 0 fully saturated rings. The molecule has 3 rings (SSSR count). The molecule has 0 aliphatic carbocycles. The summed E-state index contributed by atoms with van der Waals surface area (Å²) < 4.78 is 0. The zero-order valence-electron chi connectivity index (χ0n) is 14.7. The molecule has 1 unspecified atom stereocenters. The number of nitrogens with one attached hydrogen (secondary N) is 1. The summed E-state index contributed by atoms with van der Waals surface area (Å²) in [5, 5.41) is 2.81. The van der Waals surface area contributed by atoms with Crippen molar-refractivity contribution in [2.24, 2.45) is 0 Å². The number of para-hydroxylation sites is 1. The second-order valence-electron chi connectivity index (χ2n) is 6.24. The van der Waals surface area contributed by atoms with Gasteiger partial charge in [-0.3, -0.25) is 14.4 Å². The summed E-state index contributed by atoms with van der Waals surface area (Å²) in [7, 11) is 0. The number of nitrogens with zero attached hydrogens (tertiary/aromatic N) is 1. The van der Waals surface area contributed by atoms with E-state index in [1.807, 2.05) is 30.3 Å². The highest BCUT2D eigenvalue weighted by Gasteiger charge is 2.28. The second kappa shape index (κ2) is 7.35. The van der Waals surface area contributed by atoms with E-state index >= 15 is 0 Å². The van der Waals surface area contributed by atoms with Crippen molar-refractivity contribution in [2.45, 2.75) is 26.3 Å². The zero-order valence-corrected chi connectivity index (χ0v) is 14.7. The summed E-state index contributed by atoms with van der Waals surface area (Å²) in [6, 6.07) is 14.2. The van der Waals surface area contributed by atoms with E-state index in [2.05, 4.69) is 5.32 Å². The van der Waals surface area contributed by atoms with Gasteiger partial charge < -0.3 is 10.2 Å². The summed E-state index contributed by atoms with van der Waals surface area (Å²) in [6.45, 7) is 2.94. The van der Waals surface area contributed by atoms with Crippen molar-refractivity contribution >= 4 is 29.4 Å². The molecule has 0 radical (unpaired) electrons. The predicted molar refractivity (Wildman–Crippen MR) is 100 cm³/mol. The van der Waals surface area contributed by atoms with Gasteiger partial charge in [0, 0.05) is 18.7 Å². The maximum Gasteiger partial charge on any atom is 0.226 e. The molecule has 0 saturated heterocycles. The van der Waals surface area contributed by atoms with E-state index in [0.717, 1.165) is 11.1 Å². The van der Waals surface area contributed by atoms with Crippen LogP contribution in [-0.2, 0) is 9.59 Å². The van der Waals surface area contributed by atoms with Gasteiger partial charge in [-0.1, -0.05) is 36.4 Å². The monoisotopic (exact) mass is 348 g/mol. The van der Waals surface area contributed by atoms with Crippen molar-refractivity contribution in [3.8, 4) is 0 Å². The van der Waals surface area contributed by atoms with Crippen molar-refractivity contribution in [3.63, 3.8) is 0 Å². The topological polar surface area (TPSA) is 66.5 Å². The molecule has 2 aromatic rings. The number of amides is 2. The molecule has 132 valence electrons. The van der Waals surface area contributed by atoms with E-state index in [4.69, 9.17) is 0 Å². The molecule has 2 amide bonds. The van der Waals surface area contributed by atoms with Crippen LogP contribution in [0.25, 0.3) is 6.08 Å². The maximum atomic E-state index is 12.6. The number of rotatable bonds is 4. The number of hydrogen-bond donors (Lipinski definition) is 1. The lowest BCUT2D eigenvalue weighted by atomic mass is 9.93. The van der Waals surface area contributed by atoms with E-state index in [-0.39, 0.29) is 30.1 Å². The smallest absolute Gasteiger partial charge is 0.226 e. The Bertz CT molecular complexity index is 902. The third kappa shape index (κ3) is 3.57. The van der Waals surface area contributed by atoms with Crippen molar-refractivity contribution in [1.29, 1.82) is 0 Å². The highest BCUT2D eigenvalue weighted by molar-refractivity contribution is 6.03. The van der Waals surface area contributed by atoms with Crippen molar-refractivity contribution in [3.05, 3.63) is 71.4 Å². The molecule has 1 aliphatic heterocycles. The number of benzene rings is 2. The minimum atomic E-state index is -0.377. The minimum Gasteiger partial charge on any atom is -0.325 e. The van der Waals surface area contributed by atoms with Crippen molar-refractivity contribution < 1.29 is 14.4 Å². The third-order valence-electron chi connectivity index (χ3n) is 4.43. The predicted octanol–water partition coefficient (Wildman–Crippen LogP) is 3.79. The zero-order chi connectivity index (χ0) is 18.7. The molecule has 1 N–H and O–H groups in total. The van der Waals surface area contributed by atoms with Crippen LogP contribution in [0.3, 0.4) is 0 Å². The number of hydrogen-bond acceptors (Lipinski definition) is 3. The van der Waals surface area contributed by atoms with Gasteiger partial charge in [0.1, 0.15) is 0 Å². The van der Waals surface area contributed by atoms with Crippen LogP contribution >= 0.6 is 0 Å². The Balaban J connectivity index is 1.84. The fourth-order valence-electron chi connectivity index (χ4n) is 3.19. The number of carbonyl (C=O) groups excluding carboxylic acids is 3. The summed E-state index contributed by atoms with van der Waals surface area (Å²) in [6.07, 6.45) is 3.69. The Kier molecular flexibility index (Phi) is 4.98. The molecule has 1 heterocycles. The standard InChI is InChI=1S/C21H20N2O3/c1-14(24)17-8-5-6-10-19(17)22-21(26)13-20-18-9-4-3-7-16(18)11-12-23(20)15(2)25/h3-12,20H,13H2,1-2H3,(H,22,26). The van der Waals surface area contributed by atoms with Gasteiger partial charge in [0.2, 0.25) is 11.8 Å². The van der Waals surface area contributed by atoms with Crippen LogP contribution in [0.4, 0.5) is 5.69 Å². The molecule has 2 aromatic carbocycles. The average molecular weight is 348 g/mol. The van der Waals surface area contributed by atoms with Gasteiger partial charge in [-0.05, 0) is 36.3 Å². The normalized spacial score (nSPS) is 15.3. The molecule has 1 aliphatic rings. The summed E-state index contributed by atoms with van der Waals surface area (Å²) >= 11 is 0. The Hall–Kier alpha value is -3.21. The van der Waals surface area contributed by atoms with Gasteiger partial charge in [0.05, 0.1) is 18.2 Å². The van der Waals surface area contributed by atoms with Crippen LogP contribution in [0.2, 0.25) is 0 Å². The van der Waals surface area contributed by atoms with Crippen LogP contribution in [0.1, 0.15) is 47.8 Å². The second-order valence-corrected chi connectivity index (χ2v) is 6.24. The van der Waals surface area contributed by atoms with Crippen LogP contribution in [0.5, 0.6) is 0 Å². The maximum absolute atomic E-state index is 12.6. The number of carbonyl (C=O) groups is 3. The highest BCUT2D eigenvalue weighted by atomic mass is 16.2. The van der Waals surface area contributed by atoms with Gasteiger partial charge in [0.15, 0.2) is 5.78 Å². The third-order valence-corrected chi connectivity index (χ3v) is 4.43. The Morgan fingerprint density at radius 3 is 2.42 bits per heavy atom. The lowest BCUT2D eigenvalue weighted by Gasteiger charge is -2.32. The Labute approximate surface area is 152 Å². The number of Topliss-reactive ketones (excluding diaryl/α,β-unsaturated/α-hetero) is 1. The molecule has 5 heteroatoms. The Morgan fingerprint density at radius 1 is 1.00 bits per heavy atom. The quantitative estimate of drug-likeness (QED) is 0.855. The molecular weight excluding hydrogens is 328 g/mol. The summed E-state index contributed by atoms with van der Waals surface area (Å²) in [5.74, 6) is -0.491. The van der Waals surface area contributed by atoms with Gasteiger partial charge >= 0.3 is 0 Å². The summed E-state index contributed by atoms with van der Waals surface area (Å²) in [5.41, 5.74) is 2.87. The fraction of sp³-hybridized carbons (Fsp3) is 0.190. The van der Waals surface area contributed by atoms with E-state index in [0.29, 0.717) is 11.3 Å². The highest BCUT2D eigenvalue weighted by Crippen LogP contribution is 2.33. The van der Waals surface area contributed by atoms with Crippen LogP contribution in [0.15, 0.2) is 54.7 Å². The van der Waals surface area contributed by atoms with E-state index < -0.39 is 0 Å².